The number of rotatable bonds is 7. The van der Waals surface area contributed by atoms with Gasteiger partial charge in [0, 0.05) is 26.0 Å². The lowest BCUT2D eigenvalue weighted by molar-refractivity contribution is -0.138. The summed E-state index contributed by atoms with van der Waals surface area (Å²) in [4.78, 5) is 11.7. The van der Waals surface area contributed by atoms with Crippen LogP contribution in [0.15, 0.2) is 22.9 Å². The van der Waals surface area contributed by atoms with Crippen molar-refractivity contribution in [3.63, 3.8) is 0 Å². The van der Waals surface area contributed by atoms with E-state index in [1.54, 1.807) is 14.0 Å². The van der Waals surface area contributed by atoms with Gasteiger partial charge in [0.1, 0.15) is 11.6 Å². The van der Waals surface area contributed by atoms with E-state index in [0.29, 0.717) is 0 Å². The van der Waals surface area contributed by atoms with Crippen LogP contribution in [0.5, 0.6) is 0 Å². The van der Waals surface area contributed by atoms with Crippen LogP contribution in [0.1, 0.15) is 32.6 Å². The lowest BCUT2D eigenvalue weighted by atomic mass is 9.95. The molecule has 0 spiro atoms. The predicted molar refractivity (Wildman–Crippen MR) is 75.7 cm³/mol. The van der Waals surface area contributed by atoms with E-state index in [0.717, 1.165) is 50.1 Å². The second-order valence-corrected chi connectivity index (χ2v) is 4.53. The first-order valence-corrected chi connectivity index (χ1v) is 6.96. The second-order valence-electron chi connectivity index (χ2n) is 4.53. The van der Waals surface area contributed by atoms with Crippen molar-refractivity contribution in [3.05, 3.63) is 22.9 Å². The van der Waals surface area contributed by atoms with Gasteiger partial charge < -0.3 is 14.8 Å². The van der Waals surface area contributed by atoms with Crippen LogP contribution in [0.4, 0.5) is 0 Å². The van der Waals surface area contributed by atoms with Crippen molar-refractivity contribution in [2.75, 3.05) is 26.9 Å². The Bertz CT molecular complexity index is 433. The van der Waals surface area contributed by atoms with Crippen molar-refractivity contribution in [3.8, 4) is 6.07 Å². The normalized spacial score (nSPS) is 16.9. The molecule has 0 aromatic heterocycles. The fourth-order valence-corrected chi connectivity index (χ4v) is 2.08. The molecule has 0 unspecified atom stereocenters. The van der Waals surface area contributed by atoms with Gasteiger partial charge in [0.2, 0.25) is 0 Å². The average Bonchev–Trinajstić information content (AvgIpc) is 2.45. The van der Waals surface area contributed by atoms with Crippen molar-refractivity contribution in [1.82, 2.24) is 5.32 Å². The van der Waals surface area contributed by atoms with Gasteiger partial charge in [-0.2, -0.15) is 5.26 Å². The van der Waals surface area contributed by atoms with Crippen molar-refractivity contribution in [2.24, 2.45) is 0 Å². The van der Waals surface area contributed by atoms with E-state index in [4.69, 9.17) is 14.7 Å². The number of ether oxygens (including phenoxy) is 2. The minimum atomic E-state index is -0.526. The van der Waals surface area contributed by atoms with Gasteiger partial charge in [-0.1, -0.05) is 0 Å². The van der Waals surface area contributed by atoms with Crippen LogP contribution in [0.25, 0.3) is 0 Å². The number of allylic oxidation sites excluding steroid dienone is 3. The molecule has 1 rings (SSSR count). The van der Waals surface area contributed by atoms with Crippen molar-refractivity contribution in [1.29, 1.82) is 5.26 Å². The molecule has 5 nitrogen and oxygen atoms in total. The first-order valence-electron chi connectivity index (χ1n) is 6.96. The molecule has 0 aliphatic heterocycles. The molecule has 0 aromatic carbocycles. The third-order valence-electron chi connectivity index (χ3n) is 3.03. The highest BCUT2D eigenvalue weighted by molar-refractivity contribution is 5.94. The van der Waals surface area contributed by atoms with Gasteiger partial charge in [0.05, 0.1) is 6.61 Å². The molecule has 20 heavy (non-hydrogen) atoms. The zero-order valence-corrected chi connectivity index (χ0v) is 12.2. The minimum Gasteiger partial charge on any atom is -0.462 e. The zero-order chi connectivity index (χ0) is 14.8. The summed E-state index contributed by atoms with van der Waals surface area (Å²) in [6, 6.07) is 1.97. The monoisotopic (exact) mass is 278 g/mol. The van der Waals surface area contributed by atoms with Crippen molar-refractivity contribution < 1.29 is 14.3 Å². The highest BCUT2D eigenvalue weighted by Crippen LogP contribution is 2.24. The standard InChI is InChI=1S/C15H22N2O3/c1-3-20-15(18)14(11-16)12-6-4-7-13(10-12)17-8-5-9-19-2/h10,17H,3-9H2,1-2H3/b14-12-. The number of nitrogens with zero attached hydrogens (tertiary/aromatic N) is 1. The Morgan fingerprint density at radius 1 is 1.50 bits per heavy atom. The number of nitriles is 1. The molecule has 0 radical (unpaired) electrons. The summed E-state index contributed by atoms with van der Waals surface area (Å²) in [6.45, 7) is 3.56. The molecular weight excluding hydrogens is 256 g/mol. The first-order chi connectivity index (χ1) is 9.72. The maximum atomic E-state index is 11.7. The van der Waals surface area contributed by atoms with E-state index in [-0.39, 0.29) is 12.2 Å². The van der Waals surface area contributed by atoms with E-state index in [2.05, 4.69) is 5.32 Å². The minimum absolute atomic E-state index is 0.128. The molecular formula is C15H22N2O3. The first kappa shape index (κ1) is 16.3. The smallest absolute Gasteiger partial charge is 0.349 e. The molecule has 0 heterocycles. The molecule has 0 saturated heterocycles. The van der Waals surface area contributed by atoms with Gasteiger partial charge >= 0.3 is 5.97 Å². The SMILES string of the molecule is CCOC(=O)/C(C#N)=C1\C=C(NCCCOC)CCC1. The van der Waals surface area contributed by atoms with Gasteiger partial charge in [-0.3, -0.25) is 0 Å². The quantitative estimate of drug-likeness (QED) is 0.334. The largest absolute Gasteiger partial charge is 0.462 e. The highest BCUT2D eigenvalue weighted by Gasteiger charge is 2.18. The topological polar surface area (TPSA) is 71.4 Å². The van der Waals surface area contributed by atoms with E-state index in [1.165, 1.54) is 0 Å². The van der Waals surface area contributed by atoms with E-state index in [9.17, 15) is 4.79 Å². The number of hydrogen-bond acceptors (Lipinski definition) is 5. The predicted octanol–water partition coefficient (Wildman–Crippen LogP) is 2.06. The molecule has 0 bridgehead atoms. The summed E-state index contributed by atoms with van der Waals surface area (Å²) < 4.78 is 9.90. The number of hydrogen-bond donors (Lipinski definition) is 1. The third-order valence-corrected chi connectivity index (χ3v) is 3.03. The summed E-state index contributed by atoms with van der Waals surface area (Å²) in [5.74, 6) is -0.526. The third kappa shape index (κ3) is 5.06. The molecule has 1 aliphatic rings. The van der Waals surface area contributed by atoms with Crippen LogP contribution >= 0.6 is 0 Å². The lowest BCUT2D eigenvalue weighted by Gasteiger charge is -2.18. The second kappa shape index (κ2) is 9.16. The molecule has 110 valence electrons. The van der Waals surface area contributed by atoms with Crippen LogP contribution in [-0.2, 0) is 14.3 Å². The number of carbonyl (C=O) groups excluding carboxylic acids is 1. The summed E-state index contributed by atoms with van der Waals surface area (Å²) in [7, 11) is 1.68. The van der Waals surface area contributed by atoms with Gasteiger partial charge in [-0.25, -0.2) is 4.79 Å². The van der Waals surface area contributed by atoms with Crippen LogP contribution in [-0.4, -0.2) is 32.8 Å². The Morgan fingerprint density at radius 3 is 2.95 bits per heavy atom. The molecule has 0 fully saturated rings. The molecule has 0 atom stereocenters. The Labute approximate surface area is 120 Å². The Morgan fingerprint density at radius 2 is 2.30 bits per heavy atom. The maximum absolute atomic E-state index is 11.7. The Kier molecular flexibility index (Phi) is 7.44. The van der Waals surface area contributed by atoms with E-state index >= 15 is 0 Å². The van der Waals surface area contributed by atoms with Gasteiger partial charge in [0.25, 0.3) is 0 Å². The van der Waals surface area contributed by atoms with E-state index in [1.807, 2.05) is 12.1 Å². The summed E-state index contributed by atoms with van der Waals surface area (Å²) in [6.07, 6.45) is 5.45. The zero-order valence-electron chi connectivity index (χ0n) is 12.2. The van der Waals surface area contributed by atoms with Crippen molar-refractivity contribution >= 4 is 5.97 Å². The number of methoxy groups -OCH3 is 1. The van der Waals surface area contributed by atoms with Crippen molar-refractivity contribution in [2.45, 2.75) is 32.6 Å². The molecule has 0 aromatic rings. The molecule has 1 N–H and O–H groups in total. The fourth-order valence-electron chi connectivity index (χ4n) is 2.08. The Hall–Kier alpha value is -1.80. The van der Waals surface area contributed by atoms with Gasteiger partial charge in [-0.15, -0.1) is 0 Å². The van der Waals surface area contributed by atoms with E-state index < -0.39 is 5.97 Å². The molecule has 0 saturated carbocycles. The van der Waals surface area contributed by atoms with Crippen LogP contribution in [0.3, 0.4) is 0 Å². The number of esters is 1. The van der Waals surface area contributed by atoms with Crippen LogP contribution < -0.4 is 5.32 Å². The average molecular weight is 278 g/mol. The summed E-state index contributed by atoms with van der Waals surface area (Å²) in [5, 5.41) is 12.5. The number of nitrogens with one attached hydrogen (secondary N) is 1. The maximum Gasteiger partial charge on any atom is 0.349 e. The fraction of sp³-hybridized carbons (Fsp3) is 0.600. The van der Waals surface area contributed by atoms with Crippen LogP contribution in [0, 0.1) is 11.3 Å². The molecule has 1 aliphatic carbocycles. The number of carbonyl (C=O) groups is 1. The summed E-state index contributed by atoms with van der Waals surface area (Å²) in [5.41, 5.74) is 1.97. The van der Waals surface area contributed by atoms with Gasteiger partial charge in [0.15, 0.2) is 0 Å². The molecule has 5 heteroatoms. The van der Waals surface area contributed by atoms with Gasteiger partial charge in [-0.05, 0) is 44.3 Å². The molecule has 0 amide bonds. The highest BCUT2D eigenvalue weighted by atomic mass is 16.5. The van der Waals surface area contributed by atoms with Crippen LogP contribution in [0.2, 0.25) is 0 Å². The Balaban J connectivity index is 2.73. The summed E-state index contributed by atoms with van der Waals surface area (Å²) >= 11 is 0. The lowest BCUT2D eigenvalue weighted by Crippen LogP contribution is -2.19.